The molecule has 30 heavy (non-hydrogen) atoms. The molecule has 0 heterocycles. The van der Waals surface area contributed by atoms with Gasteiger partial charge in [0.15, 0.2) is 0 Å². The van der Waals surface area contributed by atoms with E-state index in [1.54, 1.807) is 12.1 Å². The number of hydrogen-bond acceptors (Lipinski definition) is 3. The molecule has 0 bridgehead atoms. The maximum atomic E-state index is 12.7. The molecular weight excluding hydrogens is 396 g/mol. The monoisotopic (exact) mass is 430 g/mol. The Labute approximate surface area is 186 Å². The highest BCUT2D eigenvalue weighted by Crippen LogP contribution is 2.40. The molecular formula is C25H35ClN2O2. The van der Waals surface area contributed by atoms with Crippen LogP contribution in [0.1, 0.15) is 55.5 Å². The fourth-order valence-electron chi connectivity index (χ4n) is 3.69. The fourth-order valence-corrected chi connectivity index (χ4v) is 3.69. The van der Waals surface area contributed by atoms with E-state index in [9.17, 15) is 9.90 Å². The first-order valence-electron chi connectivity index (χ1n) is 10.8. The van der Waals surface area contributed by atoms with E-state index in [1.807, 2.05) is 48.5 Å². The molecule has 2 atom stereocenters. The Morgan fingerprint density at radius 1 is 1.03 bits per heavy atom. The number of β-amino-alcohol motifs (C(OH)–C–C–N with tert-alkyl or cyclic N) is 1. The SMILES string of the molecule is CC(C)CCC1(NC[C@@H](O)[C@H](Cc2ccccc2)NC(=O)c2ccccc2)CC1.Cl. The molecule has 1 aliphatic rings. The second-order valence-corrected chi connectivity index (χ2v) is 8.80. The third-order valence-corrected chi connectivity index (χ3v) is 5.86. The summed E-state index contributed by atoms with van der Waals surface area (Å²) in [4.78, 5) is 12.7. The zero-order valence-corrected chi connectivity index (χ0v) is 18.8. The van der Waals surface area contributed by atoms with Gasteiger partial charge in [0.1, 0.15) is 0 Å². The van der Waals surface area contributed by atoms with Gasteiger partial charge >= 0.3 is 0 Å². The molecule has 1 amide bonds. The van der Waals surface area contributed by atoms with Gasteiger partial charge in [0.2, 0.25) is 0 Å². The first-order valence-corrected chi connectivity index (χ1v) is 10.8. The Kier molecular flexibility index (Phi) is 9.35. The van der Waals surface area contributed by atoms with Crippen LogP contribution in [0.5, 0.6) is 0 Å². The number of hydrogen-bond donors (Lipinski definition) is 3. The lowest BCUT2D eigenvalue weighted by Gasteiger charge is -2.27. The van der Waals surface area contributed by atoms with Crippen LogP contribution in [0.4, 0.5) is 0 Å². The molecule has 1 saturated carbocycles. The van der Waals surface area contributed by atoms with Gasteiger partial charge in [-0.3, -0.25) is 4.79 Å². The van der Waals surface area contributed by atoms with Gasteiger partial charge in [0, 0.05) is 17.6 Å². The van der Waals surface area contributed by atoms with Crippen molar-refractivity contribution in [2.24, 2.45) is 5.92 Å². The summed E-state index contributed by atoms with van der Waals surface area (Å²) in [5, 5.41) is 17.6. The van der Waals surface area contributed by atoms with Crippen molar-refractivity contribution in [1.82, 2.24) is 10.6 Å². The van der Waals surface area contributed by atoms with Crippen LogP contribution in [0.2, 0.25) is 0 Å². The standard InChI is InChI=1S/C25H34N2O2.ClH/c1-19(2)13-14-25(15-16-25)26-18-23(28)22(17-20-9-5-3-6-10-20)27-24(29)21-11-7-4-8-12-21;/h3-12,19,22-23,26,28H,13-18H2,1-2H3,(H,27,29);1H/t22-,23+;/m0./s1. The van der Waals surface area contributed by atoms with Gasteiger partial charge in [-0.15, -0.1) is 12.4 Å². The normalized spacial score (nSPS) is 16.4. The predicted molar refractivity (Wildman–Crippen MR) is 125 cm³/mol. The molecule has 0 aromatic heterocycles. The Morgan fingerprint density at radius 3 is 2.20 bits per heavy atom. The first-order chi connectivity index (χ1) is 14.0. The minimum Gasteiger partial charge on any atom is -0.390 e. The summed E-state index contributed by atoms with van der Waals surface area (Å²) < 4.78 is 0. The van der Waals surface area contributed by atoms with E-state index in [0.29, 0.717) is 24.4 Å². The van der Waals surface area contributed by atoms with Crippen molar-refractivity contribution >= 4 is 18.3 Å². The van der Waals surface area contributed by atoms with Crippen LogP contribution in [0, 0.1) is 5.92 Å². The van der Waals surface area contributed by atoms with Gasteiger partial charge in [0.25, 0.3) is 5.91 Å². The molecule has 0 unspecified atom stereocenters. The number of halogens is 1. The van der Waals surface area contributed by atoms with Gasteiger partial charge < -0.3 is 15.7 Å². The summed E-state index contributed by atoms with van der Waals surface area (Å²) in [6.45, 7) is 4.99. The number of amides is 1. The summed E-state index contributed by atoms with van der Waals surface area (Å²) >= 11 is 0. The lowest BCUT2D eigenvalue weighted by molar-refractivity contribution is 0.0821. The summed E-state index contributed by atoms with van der Waals surface area (Å²) in [6.07, 6.45) is 4.64. The molecule has 0 saturated heterocycles. The molecule has 5 heteroatoms. The molecule has 0 radical (unpaired) electrons. The topological polar surface area (TPSA) is 61.4 Å². The highest BCUT2D eigenvalue weighted by molar-refractivity contribution is 5.94. The largest absolute Gasteiger partial charge is 0.390 e. The van der Waals surface area contributed by atoms with Gasteiger partial charge in [-0.2, -0.15) is 0 Å². The molecule has 0 spiro atoms. The third-order valence-electron chi connectivity index (χ3n) is 5.86. The summed E-state index contributed by atoms with van der Waals surface area (Å²) in [5.41, 5.74) is 1.90. The maximum absolute atomic E-state index is 12.7. The molecule has 3 rings (SSSR count). The van der Waals surface area contributed by atoms with Crippen LogP contribution in [-0.2, 0) is 6.42 Å². The lowest BCUT2D eigenvalue weighted by Crippen LogP contribution is -2.50. The predicted octanol–water partition coefficient (Wildman–Crippen LogP) is 4.37. The lowest BCUT2D eigenvalue weighted by atomic mass is 9.98. The third kappa shape index (κ3) is 7.42. The van der Waals surface area contributed by atoms with E-state index in [4.69, 9.17) is 0 Å². The number of aliphatic hydroxyl groups is 1. The second kappa shape index (κ2) is 11.5. The number of aliphatic hydroxyl groups excluding tert-OH is 1. The van der Waals surface area contributed by atoms with Crippen LogP contribution in [0.15, 0.2) is 60.7 Å². The van der Waals surface area contributed by atoms with E-state index in [1.165, 1.54) is 19.3 Å². The van der Waals surface area contributed by atoms with Crippen molar-refractivity contribution in [3.05, 3.63) is 71.8 Å². The Balaban J connectivity index is 0.00000320. The zero-order valence-electron chi connectivity index (χ0n) is 18.0. The van der Waals surface area contributed by atoms with Gasteiger partial charge in [-0.25, -0.2) is 0 Å². The van der Waals surface area contributed by atoms with Crippen LogP contribution in [0.25, 0.3) is 0 Å². The average molecular weight is 431 g/mol. The van der Waals surface area contributed by atoms with E-state index in [-0.39, 0.29) is 29.9 Å². The van der Waals surface area contributed by atoms with E-state index in [2.05, 4.69) is 24.5 Å². The smallest absolute Gasteiger partial charge is 0.251 e. The Hall–Kier alpha value is -1.88. The van der Waals surface area contributed by atoms with E-state index < -0.39 is 6.10 Å². The molecule has 3 N–H and O–H groups in total. The van der Waals surface area contributed by atoms with Crippen molar-refractivity contribution in [1.29, 1.82) is 0 Å². The number of benzene rings is 2. The summed E-state index contributed by atoms with van der Waals surface area (Å²) in [6, 6.07) is 18.9. The summed E-state index contributed by atoms with van der Waals surface area (Å²) in [7, 11) is 0. The van der Waals surface area contributed by atoms with Crippen molar-refractivity contribution in [3.63, 3.8) is 0 Å². The van der Waals surface area contributed by atoms with Gasteiger partial charge in [-0.05, 0) is 55.7 Å². The Bertz CT molecular complexity index is 763. The number of rotatable bonds is 11. The van der Waals surface area contributed by atoms with Crippen molar-refractivity contribution in [2.45, 2.75) is 63.6 Å². The van der Waals surface area contributed by atoms with E-state index in [0.717, 1.165) is 12.0 Å². The van der Waals surface area contributed by atoms with Gasteiger partial charge in [-0.1, -0.05) is 62.4 Å². The summed E-state index contributed by atoms with van der Waals surface area (Å²) in [5.74, 6) is 0.543. The van der Waals surface area contributed by atoms with Crippen molar-refractivity contribution < 1.29 is 9.90 Å². The quantitative estimate of drug-likeness (QED) is 0.496. The second-order valence-electron chi connectivity index (χ2n) is 8.80. The van der Waals surface area contributed by atoms with Gasteiger partial charge in [0.05, 0.1) is 12.1 Å². The van der Waals surface area contributed by atoms with Crippen LogP contribution >= 0.6 is 12.4 Å². The number of carbonyl (C=O) groups excluding carboxylic acids is 1. The maximum Gasteiger partial charge on any atom is 0.251 e. The van der Waals surface area contributed by atoms with Crippen molar-refractivity contribution in [2.75, 3.05) is 6.54 Å². The van der Waals surface area contributed by atoms with Crippen LogP contribution in [0.3, 0.4) is 0 Å². The Morgan fingerprint density at radius 2 is 1.63 bits per heavy atom. The highest BCUT2D eigenvalue weighted by Gasteiger charge is 2.42. The first kappa shape index (κ1) is 24.4. The highest BCUT2D eigenvalue weighted by atomic mass is 35.5. The van der Waals surface area contributed by atoms with Crippen molar-refractivity contribution in [3.8, 4) is 0 Å². The van der Waals surface area contributed by atoms with E-state index >= 15 is 0 Å². The molecule has 164 valence electrons. The molecule has 2 aromatic rings. The zero-order chi connectivity index (χ0) is 20.7. The molecule has 1 aliphatic carbocycles. The molecule has 2 aromatic carbocycles. The molecule has 0 aliphatic heterocycles. The minimum absolute atomic E-state index is 0. The van der Waals surface area contributed by atoms with Crippen LogP contribution < -0.4 is 10.6 Å². The molecule has 4 nitrogen and oxygen atoms in total. The number of nitrogens with one attached hydrogen (secondary N) is 2. The average Bonchev–Trinajstić information content (AvgIpc) is 3.52. The minimum atomic E-state index is -0.653. The van der Waals surface area contributed by atoms with Crippen LogP contribution in [-0.4, -0.2) is 35.2 Å². The fraction of sp³-hybridized carbons (Fsp3) is 0.480. The number of carbonyl (C=O) groups is 1. The molecule has 1 fully saturated rings.